The van der Waals surface area contributed by atoms with Crippen LogP contribution in [0.4, 0.5) is 0 Å². The summed E-state index contributed by atoms with van der Waals surface area (Å²) < 4.78 is 12.5. The number of methoxy groups -OCH3 is 2. The van der Waals surface area contributed by atoms with E-state index in [-0.39, 0.29) is 0 Å². The summed E-state index contributed by atoms with van der Waals surface area (Å²) in [5, 5.41) is 5.03. The quantitative estimate of drug-likeness (QED) is 0.728. The molecule has 118 valence electrons. The first-order valence-electron chi connectivity index (χ1n) is 7.03. The molecule has 0 unspecified atom stereocenters. The molecule has 0 amide bonds. The smallest absolute Gasteiger partial charge is 0.167 e. The average molecular weight is 330 g/mol. The van der Waals surface area contributed by atoms with E-state index in [0.717, 1.165) is 22.6 Å². The van der Waals surface area contributed by atoms with Crippen molar-refractivity contribution < 1.29 is 9.47 Å². The van der Waals surface area contributed by atoms with Crippen molar-refractivity contribution in [2.75, 3.05) is 14.2 Å². The van der Waals surface area contributed by atoms with E-state index in [9.17, 15) is 0 Å². The Morgan fingerprint density at radius 1 is 1.09 bits per heavy atom. The molecule has 0 bridgehead atoms. The number of hydrogen-bond donors (Lipinski definition) is 0. The van der Waals surface area contributed by atoms with Crippen LogP contribution in [0.1, 0.15) is 5.56 Å². The van der Waals surface area contributed by atoms with Gasteiger partial charge in [0.05, 0.1) is 25.5 Å². The van der Waals surface area contributed by atoms with Crippen LogP contribution in [0.3, 0.4) is 0 Å². The van der Waals surface area contributed by atoms with Crippen LogP contribution in [-0.2, 0) is 0 Å². The molecule has 3 aromatic rings. The van der Waals surface area contributed by atoms with Gasteiger partial charge in [-0.05, 0) is 42.8 Å². The Morgan fingerprint density at radius 3 is 2.65 bits per heavy atom. The number of nitrogens with zero attached hydrogens (tertiary/aromatic N) is 3. The molecular formula is C17H16ClN3O2. The van der Waals surface area contributed by atoms with Crippen LogP contribution in [0.2, 0.25) is 5.02 Å². The zero-order valence-electron chi connectivity index (χ0n) is 13.1. The summed E-state index contributed by atoms with van der Waals surface area (Å²) >= 11 is 6.23. The second-order valence-electron chi connectivity index (χ2n) is 4.95. The minimum atomic E-state index is 0.658. The summed E-state index contributed by atoms with van der Waals surface area (Å²) in [4.78, 5) is 4.39. The molecule has 23 heavy (non-hydrogen) atoms. The van der Waals surface area contributed by atoms with Gasteiger partial charge in [0.25, 0.3) is 0 Å². The van der Waals surface area contributed by atoms with Crippen LogP contribution in [-0.4, -0.2) is 29.0 Å². The highest BCUT2D eigenvalue weighted by Gasteiger charge is 2.17. The van der Waals surface area contributed by atoms with Crippen LogP contribution in [0.15, 0.2) is 42.7 Å². The van der Waals surface area contributed by atoms with Crippen molar-refractivity contribution in [1.82, 2.24) is 14.8 Å². The molecule has 1 heterocycles. The van der Waals surface area contributed by atoms with Gasteiger partial charge in [0, 0.05) is 5.02 Å². The lowest BCUT2D eigenvalue weighted by molar-refractivity contribution is 0.404. The summed E-state index contributed by atoms with van der Waals surface area (Å²) in [7, 11) is 3.24. The lowest BCUT2D eigenvalue weighted by Crippen LogP contribution is -2.03. The van der Waals surface area contributed by atoms with E-state index in [1.165, 1.54) is 6.33 Å². The van der Waals surface area contributed by atoms with Gasteiger partial charge in [0.2, 0.25) is 0 Å². The number of hydrogen-bond acceptors (Lipinski definition) is 4. The summed E-state index contributed by atoms with van der Waals surface area (Å²) in [6, 6.07) is 11.2. The van der Waals surface area contributed by atoms with E-state index < -0.39 is 0 Å². The fourth-order valence-corrected chi connectivity index (χ4v) is 2.59. The predicted octanol–water partition coefficient (Wildman–Crippen LogP) is 3.91. The molecule has 0 N–H and O–H groups in total. The minimum Gasteiger partial charge on any atom is -0.497 e. The molecule has 0 aliphatic heterocycles. The van der Waals surface area contributed by atoms with Gasteiger partial charge in [0.1, 0.15) is 17.8 Å². The number of rotatable bonds is 4. The van der Waals surface area contributed by atoms with Crippen molar-refractivity contribution in [3.05, 3.63) is 53.3 Å². The molecule has 0 aliphatic carbocycles. The van der Waals surface area contributed by atoms with E-state index in [1.807, 2.05) is 43.3 Å². The molecule has 5 nitrogen and oxygen atoms in total. The Labute approximate surface area is 139 Å². The summed E-state index contributed by atoms with van der Waals surface area (Å²) in [6.07, 6.45) is 1.51. The molecule has 3 rings (SSSR count). The van der Waals surface area contributed by atoms with Crippen LogP contribution >= 0.6 is 11.6 Å². The molecule has 0 atom stereocenters. The third-order valence-corrected chi connectivity index (χ3v) is 4.07. The highest BCUT2D eigenvalue weighted by molar-refractivity contribution is 6.31. The standard InChI is InChI=1S/C17H16ClN3O2/c1-11-14(18)5-4-6-15(11)21-17(19-10-20-21)13-9-12(22-2)7-8-16(13)23-3/h4-10H,1-3H3. The van der Waals surface area contributed by atoms with Crippen molar-refractivity contribution in [3.63, 3.8) is 0 Å². The molecule has 0 saturated carbocycles. The highest BCUT2D eigenvalue weighted by Crippen LogP contribution is 2.34. The number of halogens is 1. The Hall–Kier alpha value is -2.53. The molecule has 0 aliphatic rings. The largest absolute Gasteiger partial charge is 0.497 e. The Balaban J connectivity index is 2.21. The van der Waals surface area contributed by atoms with Gasteiger partial charge in [-0.15, -0.1) is 0 Å². The maximum Gasteiger partial charge on any atom is 0.167 e. The average Bonchev–Trinajstić information content (AvgIpc) is 3.06. The van der Waals surface area contributed by atoms with E-state index in [0.29, 0.717) is 16.6 Å². The highest BCUT2D eigenvalue weighted by atomic mass is 35.5. The third-order valence-electron chi connectivity index (χ3n) is 3.66. The van der Waals surface area contributed by atoms with Crippen molar-refractivity contribution in [2.24, 2.45) is 0 Å². The van der Waals surface area contributed by atoms with Crippen molar-refractivity contribution in [2.45, 2.75) is 6.92 Å². The first-order chi connectivity index (χ1) is 11.2. The molecule has 6 heteroatoms. The minimum absolute atomic E-state index is 0.658. The fraction of sp³-hybridized carbons (Fsp3) is 0.176. The maximum absolute atomic E-state index is 6.23. The monoisotopic (exact) mass is 329 g/mol. The van der Waals surface area contributed by atoms with Gasteiger partial charge in [-0.1, -0.05) is 17.7 Å². The Bertz CT molecular complexity index is 846. The summed E-state index contributed by atoms with van der Waals surface area (Å²) in [6.45, 7) is 1.95. The van der Waals surface area contributed by atoms with E-state index in [2.05, 4.69) is 10.1 Å². The van der Waals surface area contributed by atoms with Crippen LogP contribution < -0.4 is 9.47 Å². The second kappa shape index (κ2) is 6.30. The van der Waals surface area contributed by atoms with Crippen LogP contribution in [0.25, 0.3) is 17.1 Å². The first kappa shape index (κ1) is 15.4. The van der Waals surface area contributed by atoms with Crippen LogP contribution in [0, 0.1) is 6.92 Å². The third kappa shape index (κ3) is 2.75. The van der Waals surface area contributed by atoms with Crippen LogP contribution in [0.5, 0.6) is 11.5 Å². The molecule has 2 aromatic carbocycles. The van der Waals surface area contributed by atoms with Gasteiger partial charge in [-0.3, -0.25) is 0 Å². The molecule has 1 aromatic heterocycles. The van der Waals surface area contributed by atoms with Gasteiger partial charge in [-0.2, -0.15) is 5.10 Å². The molecule has 0 radical (unpaired) electrons. The second-order valence-corrected chi connectivity index (χ2v) is 5.35. The van der Waals surface area contributed by atoms with Crippen molar-refractivity contribution >= 4 is 11.6 Å². The number of benzene rings is 2. The van der Waals surface area contributed by atoms with Crippen molar-refractivity contribution in [3.8, 4) is 28.6 Å². The van der Waals surface area contributed by atoms with Crippen molar-refractivity contribution in [1.29, 1.82) is 0 Å². The summed E-state index contributed by atoms with van der Waals surface area (Å²) in [5.41, 5.74) is 2.60. The maximum atomic E-state index is 6.23. The van der Waals surface area contributed by atoms with E-state index >= 15 is 0 Å². The zero-order valence-corrected chi connectivity index (χ0v) is 13.8. The van der Waals surface area contributed by atoms with Gasteiger partial charge in [0.15, 0.2) is 5.82 Å². The topological polar surface area (TPSA) is 49.2 Å². The lowest BCUT2D eigenvalue weighted by atomic mass is 10.1. The van der Waals surface area contributed by atoms with E-state index in [4.69, 9.17) is 21.1 Å². The fourth-order valence-electron chi connectivity index (χ4n) is 2.42. The Kier molecular flexibility index (Phi) is 4.21. The molecule has 0 saturated heterocycles. The molecule has 0 spiro atoms. The predicted molar refractivity (Wildman–Crippen MR) is 89.6 cm³/mol. The first-order valence-corrected chi connectivity index (χ1v) is 7.41. The normalized spacial score (nSPS) is 10.6. The SMILES string of the molecule is COc1ccc(OC)c(-c2ncnn2-c2cccc(Cl)c2C)c1. The number of aromatic nitrogens is 3. The molecule has 0 fully saturated rings. The van der Waals surface area contributed by atoms with Gasteiger partial charge < -0.3 is 9.47 Å². The summed E-state index contributed by atoms with van der Waals surface area (Å²) in [5.74, 6) is 2.07. The van der Waals surface area contributed by atoms with Gasteiger partial charge in [-0.25, -0.2) is 9.67 Å². The molecular weight excluding hydrogens is 314 g/mol. The lowest BCUT2D eigenvalue weighted by Gasteiger charge is -2.13. The number of ether oxygens (including phenoxy) is 2. The Morgan fingerprint density at radius 2 is 1.91 bits per heavy atom. The van der Waals surface area contributed by atoms with Gasteiger partial charge >= 0.3 is 0 Å². The zero-order chi connectivity index (χ0) is 16.4. The van der Waals surface area contributed by atoms with E-state index in [1.54, 1.807) is 18.9 Å².